The lowest BCUT2D eigenvalue weighted by Crippen LogP contribution is -2.65. The van der Waals surface area contributed by atoms with Gasteiger partial charge in [-0.15, -0.1) is 0 Å². The molecule has 0 saturated heterocycles. The van der Waals surface area contributed by atoms with E-state index in [4.69, 9.17) is 15.6 Å². The molecule has 3 saturated carbocycles. The van der Waals surface area contributed by atoms with Gasteiger partial charge in [-0.2, -0.15) is 5.10 Å². The molecule has 0 radical (unpaired) electrons. The van der Waals surface area contributed by atoms with E-state index in [0.717, 1.165) is 81.9 Å². The summed E-state index contributed by atoms with van der Waals surface area (Å²) in [6, 6.07) is 7.31. The number of carbonyl (C=O) groups is 1. The fraction of sp³-hybridized carbons (Fsp3) is 0.707. The molecule has 2 aromatic rings. The highest BCUT2D eigenvalue weighted by atomic mass is 19.1. The van der Waals surface area contributed by atoms with Gasteiger partial charge in [-0.3, -0.25) is 9.89 Å². The molecule has 256 valence electrons. The van der Waals surface area contributed by atoms with E-state index in [1.54, 1.807) is 12.1 Å². The Morgan fingerprint density at radius 3 is 2.51 bits per heavy atom. The lowest BCUT2D eigenvalue weighted by atomic mass is 9.33. The molecule has 6 heteroatoms. The van der Waals surface area contributed by atoms with E-state index in [1.807, 2.05) is 6.07 Å². The average molecular weight is 644 g/mol. The Hall–Kier alpha value is -2.63. The molecule has 1 unspecified atom stereocenters. The van der Waals surface area contributed by atoms with Gasteiger partial charge < -0.3 is 10.5 Å². The van der Waals surface area contributed by atoms with Crippen molar-refractivity contribution in [3.8, 4) is 0 Å². The Bertz CT molecular complexity index is 1620. The molecule has 7 atom stereocenters. The van der Waals surface area contributed by atoms with Gasteiger partial charge in [0.15, 0.2) is 0 Å². The molecule has 5 aliphatic rings. The summed E-state index contributed by atoms with van der Waals surface area (Å²) >= 11 is 0. The standard InChI is InChI=1S/C41H58FN3O2/c1-9-10-20-47-35(46)41-18-16-36(2,3)24-29(41)32-27(25-12-11-13-26(42)21-25)22-31-38(6)23-28-33(44-45-34(28)43)37(4,5)30(38)14-15-39(31,7)40(32,8)17-19-41/h11-13,21,29-31H,9-10,14-20,22-24H2,1-8H3,(H3,43,44,45)/t29-,30-,31?,38-,39+,40+,41-/m0/s1. The summed E-state index contributed by atoms with van der Waals surface area (Å²) in [4.78, 5) is 14.4. The lowest BCUT2D eigenvalue weighted by Gasteiger charge is -2.71. The number of rotatable bonds is 5. The number of allylic oxidation sites excluding steroid dienone is 2. The van der Waals surface area contributed by atoms with Crippen LogP contribution in [0.3, 0.4) is 0 Å². The number of carbonyl (C=O) groups excluding carboxylic acids is 1. The van der Waals surface area contributed by atoms with Crippen LogP contribution in [-0.4, -0.2) is 22.8 Å². The number of fused-ring (bicyclic) bond motifs is 8. The van der Waals surface area contributed by atoms with Crippen molar-refractivity contribution < 1.29 is 13.9 Å². The van der Waals surface area contributed by atoms with Gasteiger partial charge in [0.25, 0.3) is 0 Å². The summed E-state index contributed by atoms with van der Waals surface area (Å²) < 4.78 is 21.3. The highest BCUT2D eigenvalue weighted by Gasteiger charge is 2.70. The van der Waals surface area contributed by atoms with Gasteiger partial charge in [0.2, 0.25) is 0 Å². The number of nitrogens with one attached hydrogen (secondary N) is 1. The van der Waals surface area contributed by atoms with E-state index in [9.17, 15) is 4.79 Å². The first kappa shape index (κ1) is 32.9. The molecule has 1 heterocycles. The van der Waals surface area contributed by atoms with Crippen LogP contribution in [0, 0.1) is 50.6 Å². The maximum absolute atomic E-state index is 15.2. The molecule has 3 N–H and O–H groups in total. The van der Waals surface area contributed by atoms with E-state index in [2.05, 4.69) is 66.6 Å². The Labute approximate surface area is 282 Å². The number of unbranched alkanes of at least 4 members (excludes halogenated alkanes) is 1. The molecule has 5 nitrogen and oxygen atoms in total. The first-order valence-corrected chi connectivity index (χ1v) is 18.5. The Morgan fingerprint density at radius 1 is 1.04 bits per heavy atom. The number of nitrogens with two attached hydrogens (primary N) is 1. The number of nitrogen functional groups attached to an aromatic ring is 1. The van der Waals surface area contributed by atoms with E-state index in [-0.39, 0.29) is 44.8 Å². The fourth-order valence-electron chi connectivity index (χ4n) is 12.6. The SMILES string of the molecule is CCCCOC(=O)[C@]12CCC(C)(C)C[C@H]1C1=C(c3cccc(F)c3)CC3[C@@]4(C)Cc5c(n[nH]c5N)C(C)(C)[C@@H]4CC[C@@]3(C)[C@]1(C)CC2. The molecule has 47 heavy (non-hydrogen) atoms. The Kier molecular flexibility index (Phi) is 7.48. The van der Waals surface area contributed by atoms with Gasteiger partial charge in [-0.05, 0) is 127 Å². The van der Waals surface area contributed by atoms with Gasteiger partial charge in [-0.25, -0.2) is 4.39 Å². The predicted octanol–water partition coefficient (Wildman–Crippen LogP) is 9.82. The number of aromatic nitrogens is 2. The molecule has 0 aliphatic heterocycles. The van der Waals surface area contributed by atoms with Crippen LogP contribution in [0.1, 0.15) is 136 Å². The maximum atomic E-state index is 15.2. The Morgan fingerprint density at radius 2 is 1.79 bits per heavy atom. The first-order valence-electron chi connectivity index (χ1n) is 18.5. The quantitative estimate of drug-likeness (QED) is 0.251. The maximum Gasteiger partial charge on any atom is 0.312 e. The van der Waals surface area contributed by atoms with E-state index in [0.29, 0.717) is 24.3 Å². The second-order valence-corrected chi connectivity index (χ2v) is 18.4. The first-order chi connectivity index (χ1) is 22.0. The number of benzene rings is 1. The molecule has 7 rings (SSSR count). The van der Waals surface area contributed by atoms with E-state index < -0.39 is 5.41 Å². The van der Waals surface area contributed by atoms with Gasteiger partial charge in [0, 0.05) is 11.0 Å². The monoisotopic (exact) mass is 643 g/mol. The molecule has 1 aromatic carbocycles. The van der Waals surface area contributed by atoms with E-state index >= 15 is 4.39 Å². The summed E-state index contributed by atoms with van der Waals surface area (Å²) in [6.45, 7) is 19.8. The smallest absolute Gasteiger partial charge is 0.312 e. The third kappa shape index (κ3) is 4.50. The number of anilines is 1. The predicted molar refractivity (Wildman–Crippen MR) is 187 cm³/mol. The number of hydrogen-bond donors (Lipinski definition) is 2. The van der Waals surface area contributed by atoms with Crippen LogP contribution in [0.15, 0.2) is 29.8 Å². The van der Waals surface area contributed by atoms with E-state index in [1.165, 1.54) is 16.7 Å². The summed E-state index contributed by atoms with van der Waals surface area (Å²) in [5.41, 5.74) is 12.0. The zero-order valence-electron chi connectivity index (χ0n) is 30.2. The molecular weight excluding hydrogens is 585 g/mol. The number of ether oxygens (including phenoxy) is 1. The number of halogens is 1. The van der Waals surface area contributed by atoms with Crippen LogP contribution in [-0.2, 0) is 21.4 Å². The van der Waals surface area contributed by atoms with Crippen LogP contribution in [0.4, 0.5) is 10.2 Å². The number of hydrogen-bond acceptors (Lipinski definition) is 4. The van der Waals surface area contributed by atoms with Gasteiger partial charge in [-0.1, -0.05) is 79.5 Å². The summed E-state index contributed by atoms with van der Waals surface area (Å²) in [6.07, 6.45) is 10.6. The van der Waals surface area contributed by atoms with Crippen molar-refractivity contribution in [2.75, 3.05) is 12.3 Å². The molecule has 0 amide bonds. The number of aromatic amines is 1. The van der Waals surface area contributed by atoms with Gasteiger partial charge >= 0.3 is 5.97 Å². The molecular formula is C41H58FN3O2. The van der Waals surface area contributed by atoms with Gasteiger partial charge in [0.1, 0.15) is 11.6 Å². The van der Waals surface area contributed by atoms with Crippen molar-refractivity contribution in [3.63, 3.8) is 0 Å². The van der Waals surface area contributed by atoms with Crippen LogP contribution in [0.25, 0.3) is 5.57 Å². The van der Waals surface area contributed by atoms with Crippen molar-refractivity contribution >= 4 is 17.4 Å². The summed E-state index contributed by atoms with van der Waals surface area (Å²) in [7, 11) is 0. The highest BCUT2D eigenvalue weighted by Crippen LogP contribution is 2.77. The van der Waals surface area contributed by atoms with Crippen LogP contribution < -0.4 is 5.73 Å². The number of nitrogens with zero attached hydrogens (tertiary/aromatic N) is 1. The number of esters is 1. The number of H-pyrrole nitrogens is 1. The normalized spacial score (nSPS) is 38.4. The third-order valence-electron chi connectivity index (χ3n) is 15.2. The van der Waals surface area contributed by atoms with Crippen molar-refractivity contribution in [2.24, 2.45) is 44.8 Å². The molecule has 1 aromatic heterocycles. The highest BCUT2D eigenvalue weighted by molar-refractivity contribution is 5.81. The summed E-state index contributed by atoms with van der Waals surface area (Å²) in [5, 5.41) is 7.91. The van der Waals surface area contributed by atoms with Gasteiger partial charge in [0.05, 0.1) is 17.7 Å². The topological polar surface area (TPSA) is 81.0 Å². The van der Waals surface area contributed by atoms with Crippen molar-refractivity contribution in [3.05, 3.63) is 52.5 Å². The Balaban J connectivity index is 1.45. The minimum Gasteiger partial charge on any atom is -0.465 e. The minimum absolute atomic E-state index is 0.0103. The lowest BCUT2D eigenvalue weighted by molar-refractivity contribution is -0.180. The fourth-order valence-corrected chi connectivity index (χ4v) is 12.6. The molecule has 5 aliphatic carbocycles. The largest absolute Gasteiger partial charge is 0.465 e. The second kappa shape index (κ2) is 10.7. The molecule has 3 fully saturated rings. The average Bonchev–Trinajstić information content (AvgIpc) is 3.37. The third-order valence-corrected chi connectivity index (χ3v) is 15.2. The van der Waals surface area contributed by atoms with Crippen LogP contribution >= 0.6 is 0 Å². The zero-order valence-corrected chi connectivity index (χ0v) is 30.2. The van der Waals surface area contributed by atoms with Crippen LogP contribution in [0.5, 0.6) is 0 Å². The zero-order chi connectivity index (χ0) is 33.8. The van der Waals surface area contributed by atoms with Crippen LogP contribution in [0.2, 0.25) is 0 Å². The minimum atomic E-state index is -0.520. The molecule has 0 bridgehead atoms. The van der Waals surface area contributed by atoms with Crippen molar-refractivity contribution in [1.29, 1.82) is 0 Å². The molecule has 0 spiro atoms. The van der Waals surface area contributed by atoms with Crippen molar-refractivity contribution in [2.45, 2.75) is 131 Å². The van der Waals surface area contributed by atoms with Crippen molar-refractivity contribution in [1.82, 2.24) is 10.2 Å². The second-order valence-electron chi connectivity index (χ2n) is 18.4. The summed E-state index contributed by atoms with van der Waals surface area (Å²) in [5.74, 6) is 1.42.